The van der Waals surface area contributed by atoms with Gasteiger partial charge in [0.2, 0.25) is 0 Å². The number of carbonyl (C=O) groups excluding carboxylic acids is 2. The van der Waals surface area contributed by atoms with Gasteiger partial charge in [0.25, 0.3) is 11.8 Å². The minimum Gasteiger partial charge on any atom is -0.453 e. The number of ether oxygens (including phenoxy) is 2. The van der Waals surface area contributed by atoms with Crippen LogP contribution in [-0.4, -0.2) is 42.2 Å². The smallest absolute Gasteiger partial charge is 0.316 e. The van der Waals surface area contributed by atoms with Crippen molar-refractivity contribution in [3.8, 4) is 6.01 Å². The SMILES string of the molecule is COCNC(=O)COc1ncc(C(=O)Nc2ccc(F)cc2)cn1. The third-order valence-corrected chi connectivity index (χ3v) is 2.74. The molecule has 0 bridgehead atoms. The van der Waals surface area contributed by atoms with Crippen LogP contribution in [0.25, 0.3) is 0 Å². The Bertz CT molecular complexity index is 692. The van der Waals surface area contributed by atoms with Gasteiger partial charge >= 0.3 is 6.01 Å². The zero-order chi connectivity index (χ0) is 17.4. The highest BCUT2D eigenvalue weighted by molar-refractivity contribution is 6.03. The van der Waals surface area contributed by atoms with E-state index in [9.17, 15) is 14.0 Å². The fourth-order valence-corrected chi connectivity index (χ4v) is 1.58. The van der Waals surface area contributed by atoms with Crippen molar-refractivity contribution in [2.24, 2.45) is 0 Å². The molecule has 0 saturated carbocycles. The van der Waals surface area contributed by atoms with Gasteiger partial charge in [-0.2, -0.15) is 0 Å². The molecule has 0 aliphatic heterocycles. The monoisotopic (exact) mass is 334 g/mol. The van der Waals surface area contributed by atoms with E-state index < -0.39 is 17.6 Å². The number of anilines is 1. The van der Waals surface area contributed by atoms with Crippen molar-refractivity contribution in [2.75, 3.05) is 25.8 Å². The van der Waals surface area contributed by atoms with Crippen molar-refractivity contribution >= 4 is 17.5 Å². The van der Waals surface area contributed by atoms with Gasteiger partial charge in [-0.25, -0.2) is 14.4 Å². The Morgan fingerprint density at radius 2 is 1.83 bits per heavy atom. The second kappa shape index (κ2) is 8.53. The van der Waals surface area contributed by atoms with Crippen molar-refractivity contribution in [3.63, 3.8) is 0 Å². The van der Waals surface area contributed by atoms with Crippen LogP contribution in [0.5, 0.6) is 6.01 Å². The average molecular weight is 334 g/mol. The van der Waals surface area contributed by atoms with E-state index in [-0.39, 0.29) is 24.9 Å². The Hall–Kier alpha value is -3.07. The molecule has 2 aromatic rings. The number of hydrogen-bond acceptors (Lipinski definition) is 6. The normalized spacial score (nSPS) is 10.1. The summed E-state index contributed by atoms with van der Waals surface area (Å²) in [4.78, 5) is 31.0. The largest absolute Gasteiger partial charge is 0.453 e. The van der Waals surface area contributed by atoms with E-state index in [2.05, 4.69) is 25.3 Å². The summed E-state index contributed by atoms with van der Waals surface area (Å²) in [6.45, 7) is -0.198. The van der Waals surface area contributed by atoms with Crippen molar-refractivity contribution < 1.29 is 23.5 Å². The minimum atomic E-state index is -0.453. The molecule has 0 aliphatic rings. The molecular weight excluding hydrogens is 319 g/mol. The quantitative estimate of drug-likeness (QED) is 0.732. The summed E-state index contributed by atoms with van der Waals surface area (Å²) in [5.41, 5.74) is 0.632. The molecule has 0 radical (unpaired) electrons. The van der Waals surface area contributed by atoms with Crippen molar-refractivity contribution in [2.45, 2.75) is 0 Å². The molecule has 0 aliphatic carbocycles. The van der Waals surface area contributed by atoms with Crippen molar-refractivity contribution in [1.82, 2.24) is 15.3 Å². The number of benzene rings is 1. The second-order valence-electron chi connectivity index (χ2n) is 4.54. The van der Waals surface area contributed by atoms with E-state index in [1.165, 1.54) is 43.8 Å². The van der Waals surface area contributed by atoms with Gasteiger partial charge in [0.1, 0.15) is 12.5 Å². The molecule has 0 unspecified atom stereocenters. The maximum absolute atomic E-state index is 12.8. The maximum Gasteiger partial charge on any atom is 0.316 e. The summed E-state index contributed by atoms with van der Waals surface area (Å²) < 4.78 is 22.6. The topological polar surface area (TPSA) is 102 Å². The van der Waals surface area contributed by atoms with E-state index in [1.54, 1.807) is 0 Å². The van der Waals surface area contributed by atoms with Crippen LogP contribution in [0, 0.1) is 5.82 Å². The molecule has 2 rings (SSSR count). The van der Waals surface area contributed by atoms with Crippen LogP contribution in [-0.2, 0) is 9.53 Å². The Labute approximate surface area is 137 Å². The Morgan fingerprint density at radius 1 is 1.17 bits per heavy atom. The summed E-state index contributed by atoms with van der Waals surface area (Å²) in [5.74, 6) is -1.24. The molecule has 8 nitrogen and oxygen atoms in total. The summed E-state index contributed by atoms with van der Waals surface area (Å²) in [6, 6.07) is 5.30. The lowest BCUT2D eigenvalue weighted by Gasteiger charge is -2.07. The molecule has 2 amide bonds. The number of carbonyl (C=O) groups is 2. The van der Waals surface area contributed by atoms with Crippen LogP contribution in [0.2, 0.25) is 0 Å². The summed E-state index contributed by atoms with van der Waals surface area (Å²) in [6.07, 6.45) is 2.52. The van der Waals surface area contributed by atoms with Crippen LogP contribution in [0.15, 0.2) is 36.7 Å². The first kappa shape index (κ1) is 17.3. The van der Waals surface area contributed by atoms with Crippen LogP contribution in [0.1, 0.15) is 10.4 Å². The predicted molar refractivity (Wildman–Crippen MR) is 81.9 cm³/mol. The van der Waals surface area contributed by atoms with Gasteiger partial charge in [-0.05, 0) is 24.3 Å². The molecule has 0 spiro atoms. The predicted octanol–water partition coefficient (Wildman–Crippen LogP) is 0.967. The number of hydrogen-bond donors (Lipinski definition) is 2. The highest BCUT2D eigenvalue weighted by Crippen LogP contribution is 2.10. The number of nitrogens with zero attached hydrogens (tertiary/aromatic N) is 2. The molecule has 0 fully saturated rings. The van der Waals surface area contributed by atoms with Gasteiger partial charge in [-0.1, -0.05) is 0 Å². The molecular formula is C15H15FN4O4. The lowest BCUT2D eigenvalue weighted by atomic mass is 10.2. The fourth-order valence-electron chi connectivity index (χ4n) is 1.58. The van der Waals surface area contributed by atoms with Crippen LogP contribution in [0.3, 0.4) is 0 Å². The number of nitrogens with one attached hydrogen (secondary N) is 2. The molecule has 0 atom stereocenters. The van der Waals surface area contributed by atoms with Crippen LogP contribution in [0.4, 0.5) is 10.1 Å². The lowest BCUT2D eigenvalue weighted by Crippen LogP contribution is -2.30. The number of halogens is 1. The van der Waals surface area contributed by atoms with Crippen molar-refractivity contribution in [3.05, 3.63) is 48.0 Å². The highest BCUT2D eigenvalue weighted by atomic mass is 19.1. The van der Waals surface area contributed by atoms with Crippen LogP contribution >= 0.6 is 0 Å². The zero-order valence-corrected chi connectivity index (χ0v) is 12.8. The zero-order valence-electron chi connectivity index (χ0n) is 12.8. The number of aromatic nitrogens is 2. The molecule has 2 N–H and O–H groups in total. The summed E-state index contributed by atoms with van der Waals surface area (Å²) >= 11 is 0. The number of rotatable bonds is 7. The molecule has 126 valence electrons. The summed E-state index contributed by atoms with van der Waals surface area (Å²) in [7, 11) is 1.44. The molecule has 1 aromatic carbocycles. The molecule has 0 saturated heterocycles. The third-order valence-electron chi connectivity index (χ3n) is 2.74. The fraction of sp³-hybridized carbons (Fsp3) is 0.200. The van der Waals surface area contributed by atoms with E-state index in [0.717, 1.165) is 0 Å². The van der Waals surface area contributed by atoms with Crippen molar-refractivity contribution in [1.29, 1.82) is 0 Å². The highest BCUT2D eigenvalue weighted by Gasteiger charge is 2.09. The molecule has 1 heterocycles. The molecule has 9 heteroatoms. The average Bonchev–Trinajstić information content (AvgIpc) is 2.60. The van der Waals surface area contributed by atoms with Crippen LogP contribution < -0.4 is 15.4 Å². The summed E-state index contributed by atoms with van der Waals surface area (Å²) in [5, 5.41) is 5.00. The minimum absolute atomic E-state index is 0.0408. The lowest BCUT2D eigenvalue weighted by molar-refractivity contribution is -0.124. The van der Waals surface area contributed by atoms with E-state index in [4.69, 9.17) is 4.74 Å². The Balaban J connectivity index is 1.87. The number of amides is 2. The first-order chi connectivity index (χ1) is 11.6. The number of methoxy groups -OCH3 is 1. The second-order valence-corrected chi connectivity index (χ2v) is 4.54. The van der Waals surface area contributed by atoms with Gasteiger partial charge in [0, 0.05) is 25.2 Å². The van der Waals surface area contributed by atoms with E-state index >= 15 is 0 Å². The van der Waals surface area contributed by atoms with E-state index in [1.807, 2.05) is 0 Å². The Kier molecular flexibility index (Phi) is 6.15. The van der Waals surface area contributed by atoms with Gasteiger partial charge in [0.15, 0.2) is 6.61 Å². The first-order valence-corrected chi connectivity index (χ1v) is 6.86. The van der Waals surface area contributed by atoms with Gasteiger partial charge in [0.05, 0.1) is 5.56 Å². The van der Waals surface area contributed by atoms with Gasteiger partial charge in [-0.3, -0.25) is 9.59 Å². The molecule has 24 heavy (non-hydrogen) atoms. The third kappa shape index (κ3) is 5.29. The van der Waals surface area contributed by atoms with Gasteiger partial charge < -0.3 is 20.1 Å². The van der Waals surface area contributed by atoms with Gasteiger partial charge in [-0.15, -0.1) is 0 Å². The Morgan fingerprint density at radius 3 is 2.46 bits per heavy atom. The van der Waals surface area contributed by atoms with E-state index in [0.29, 0.717) is 5.69 Å². The molecule has 1 aromatic heterocycles. The first-order valence-electron chi connectivity index (χ1n) is 6.86. The standard InChI is InChI=1S/C15H15FN4O4/c1-23-9-19-13(21)8-24-15-17-6-10(7-18-15)14(22)20-12-4-2-11(16)3-5-12/h2-7H,8-9H2,1H3,(H,19,21)(H,20,22). The maximum atomic E-state index is 12.8.